The van der Waals surface area contributed by atoms with E-state index in [1.54, 1.807) is 0 Å². The third-order valence-corrected chi connectivity index (χ3v) is 3.46. The molecule has 0 aromatic carbocycles. The monoisotopic (exact) mass is 182 g/mol. The zero-order valence-electron chi connectivity index (χ0n) is 9.84. The summed E-state index contributed by atoms with van der Waals surface area (Å²) in [6.07, 6.45) is 7.36. The molecular weight excluding hydrogens is 156 g/mol. The molecule has 2 atom stereocenters. The van der Waals surface area contributed by atoms with Crippen LogP contribution >= 0.6 is 0 Å². The Kier molecular flexibility index (Phi) is 4.28. The van der Waals surface area contributed by atoms with Crippen LogP contribution in [-0.4, -0.2) is 0 Å². The van der Waals surface area contributed by atoms with Crippen LogP contribution < -0.4 is 0 Å². The third-order valence-electron chi connectivity index (χ3n) is 3.46. The van der Waals surface area contributed by atoms with Crippen molar-refractivity contribution in [3.05, 3.63) is 0 Å². The van der Waals surface area contributed by atoms with Gasteiger partial charge in [0, 0.05) is 0 Å². The molecule has 0 N–H and O–H groups in total. The van der Waals surface area contributed by atoms with Gasteiger partial charge in [0.15, 0.2) is 0 Å². The van der Waals surface area contributed by atoms with Crippen molar-refractivity contribution in [3.63, 3.8) is 0 Å². The van der Waals surface area contributed by atoms with E-state index < -0.39 is 0 Å². The van der Waals surface area contributed by atoms with E-state index in [0.717, 1.165) is 23.7 Å². The van der Waals surface area contributed by atoms with Crippen molar-refractivity contribution in [2.75, 3.05) is 0 Å². The van der Waals surface area contributed by atoms with Crippen LogP contribution in [0, 0.1) is 23.7 Å². The van der Waals surface area contributed by atoms with Gasteiger partial charge in [-0.15, -0.1) is 0 Å². The number of hydrogen-bond donors (Lipinski definition) is 0. The fourth-order valence-electron chi connectivity index (χ4n) is 2.34. The first-order valence-electron chi connectivity index (χ1n) is 6.13. The third kappa shape index (κ3) is 4.15. The molecule has 0 aliphatic heterocycles. The largest absolute Gasteiger partial charge is 0.0651 e. The van der Waals surface area contributed by atoms with Gasteiger partial charge in [-0.3, -0.25) is 0 Å². The molecule has 2 unspecified atom stereocenters. The lowest BCUT2D eigenvalue weighted by Gasteiger charge is -2.21. The van der Waals surface area contributed by atoms with Crippen molar-refractivity contribution >= 4 is 0 Å². The van der Waals surface area contributed by atoms with Crippen molar-refractivity contribution in [2.24, 2.45) is 23.7 Å². The number of rotatable bonds is 6. The highest BCUT2D eigenvalue weighted by Gasteiger charge is 2.31. The first-order chi connectivity index (χ1) is 6.13. The molecule has 0 aromatic heterocycles. The predicted octanol–water partition coefficient (Wildman–Crippen LogP) is 4.49. The lowest BCUT2D eigenvalue weighted by Crippen LogP contribution is -2.11. The lowest BCUT2D eigenvalue weighted by molar-refractivity contribution is 0.296. The Labute approximate surface area is 84.1 Å². The van der Waals surface area contributed by atoms with Gasteiger partial charge in [0.25, 0.3) is 0 Å². The molecule has 0 nitrogen and oxygen atoms in total. The van der Waals surface area contributed by atoms with Crippen molar-refractivity contribution < 1.29 is 0 Å². The molecule has 0 aromatic rings. The second-order valence-electron chi connectivity index (χ2n) is 5.48. The van der Waals surface area contributed by atoms with E-state index in [4.69, 9.17) is 0 Å². The quantitative estimate of drug-likeness (QED) is 0.567. The van der Waals surface area contributed by atoms with Crippen LogP contribution in [0.1, 0.15) is 59.8 Å². The summed E-state index contributed by atoms with van der Waals surface area (Å²) in [6.45, 7) is 9.47. The van der Waals surface area contributed by atoms with Crippen molar-refractivity contribution in [3.8, 4) is 0 Å². The van der Waals surface area contributed by atoms with Crippen LogP contribution in [0.3, 0.4) is 0 Å². The highest BCUT2D eigenvalue weighted by Crippen LogP contribution is 2.43. The Morgan fingerprint density at radius 2 is 1.69 bits per heavy atom. The maximum Gasteiger partial charge on any atom is -0.0381 e. The van der Waals surface area contributed by atoms with E-state index >= 15 is 0 Å². The van der Waals surface area contributed by atoms with Gasteiger partial charge in [0.1, 0.15) is 0 Å². The summed E-state index contributed by atoms with van der Waals surface area (Å²) < 4.78 is 0. The van der Waals surface area contributed by atoms with E-state index in [9.17, 15) is 0 Å². The molecule has 0 radical (unpaired) electrons. The summed E-state index contributed by atoms with van der Waals surface area (Å²) in [5, 5.41) is 0. The smallest absolute Gasteiger partial charge is 0.0381 e. The van der Waals surface area contributed by atoms with Crippen molar-refractivity contribution in [2.45, 2.75) is 59.8 Å². The molecule has 0 heterocycles. The van der Waals surface area contributed by atoms with Gasteiger partial charge in [0.05, 0.1) is 0 Å². The Morgan fingerprint density at radius 1 is 1.08 bits per heavy atom. The summed E-state index contributed by atoms with van der Waals surface area (Å²) in [5.74, 6) is 4.00. The molecule has 1 aliphatic rings. The Morgan fingerprint density at radius 3 is 2.08 bits per heavy atom. The van der Waals surface area contributed by atoms with Gasteiger partial charge in [-0.1, -0.05) is 34.1 Å². The SMILES string of the molecule is CCC(C)CC(CC(C)C)C1CC1. The molecule has 0 spiro atoms. The molecule has 1 aliphatic carbocycles. The van der Waals surface area contributed by atoms with Crippen molar-refractivity contribution in [1.82, 2.24) is 0 Å². The van der Waals surface area contributed by atoms with Gasteiger partial charge in [-0.2, -0.15) is 0 Å². The summed E-state index contributed by atoms with van der Waals surface area (Å²) in [5.41, 5.74) is 0. The number of hydrogen-bond acceptors (Lipinski definition) is 0. The van der Waals surface area contributed by atoms with Gasteiger partial charge in [0.2, 0.25) is 0 Å². The average Bonchev–Trinajstić information content (AvgIpc) is 2.84. The van der Waals surface area contributed by atoms with Gasteiger partial charge >= 0.3 is 0 Å². The Bertz CT molecular complexity index is 133. The average molecular weight is 182 g/mol. The summed E-state index contributed by atoms with van der Waals surface area (Å²) in [4.78, 5) is 0. The maximum atomic E-state index is 2.41. The van der Waals surface area contributed by atoms with Crippen LogP contribution in [0.25, 0.3) is 0 Å². The second-order valence-corrected chi connectivity index (χ2v) is 5.48. The predicted molar refractivity (Wildman–Crippen MR) is 59.7 cm³/mol. The van der Waals surface area contributed by atoms with E-state index in [0.29, 0.717) is 0 Å². The molecule has 0 amide bonds. The minimum absolute atomic E-state index is 0.898. The van der Waals surface area contributed by atoms with E-state index in [-0.39, 0.29) is 0 Å². The van der Waals surface area contributed by atoms with Crippen LogP contribution in [0.2, 0.25) is 0 Å². The maximum absolute atomic E-state index is 2.41. The van der Waals surface area contributed by atoms with E-state index in [1.807, 2.05) is 0 Å². The molecule has 1 fully saturated rings. The molecule has 0 heteroatoms. The molecule has 13 heavy (non-hydrogen) atoms. The minimum Gasteiger partial charge on any atom is -0.0651 e. The standard InChI is InChI=1S/C13H26/c1-5-11(4)9-13(8-10(2)3)12-6-7-12/h10-13H,5-9H2,1-4H3. The summed E-state index contributed by atoms with van der Waals surface area (Å²) in [6, 6.07) is 0. The molecule has 0 saturated heterocycles. The van der Waals surface area contributed by atoms with Crippen LogP contribution in [0.4, 0.5) is 0 Å². The second kappa shape index (κ2) is 5.02. The van der Waals surface area contributed by atoms with Crippen LogP contribution in [0.15, 0.2) is 0 Å². The first-order valence-corrected chi connectivity index (χ1v) is 6.13. The highest BCUT2D eigenvalue weighted by molar-refractivity contribution is 4.82. The van der Waals surface area contributed by atoms with Gasteiger partial charge < -0.3 is 0 Å². The first kappa shape index (κ1) is 11.1. The van der Waals surface area contributed by atoms with Crippen LogP contribution in [0.5, 0.6) is 0 Å². The van der Waals surface area contributed by atoms with E-state index in [1.165, 1.54) is 32.1 Å². The Balaban J connectivity index is 2.29. The molecule has 0 bridgehead atoms. The van der Waals surface area contributed by atoms with Crippen LogP contribution in [-0.2, 0) is 0 Å². The molecule has 1 saturated carbocycles. The highest BCUT2D eigenvalue weighted by atomic mass is 14.4. The van der Waals surface area contributed by atoms with Gasteiger partial charge in [-0.25, -0.2) is 0 Å². The Hall–Kier alpha value is 0. The summed E-state index contributed by atoms with van der Waals surface area (Å²) >= 11 is 0. The minimum atomic E-state index is 0.898. The zero-order chi connectivity index (χ0) is 9.84. The van der Waals surface area contributed by atoms with E-state index in [2.05, 4.69) is 27.7 Å². The zero-order valence-corrected chi connectivity index (χ0v) is 9.84. The molecular formula is C13H26. The fourth-order valence-corrected chi connectivity index (χ4v) is 2.34. The van der Waals surface area contributed by atoms with Gasteiger partial charge in [-0.05, 0) is 49.4 Å². The normalized spacial score (nSPS) is 21.9. The fraction of sp³-hybridized carbons (Fsp3) is 1.00. The summed E-state index contributed by atoms with van der Waals surface area (Å²) in [7, 11) is 0. The molecule has 78 valence electrons. The topological polar surface area (TPSA) is 0 Å². The molecule has 1 rings (SSSR count). The van der Waals surface area contributed by atoms with Crippen molar-refractivity contribution in [1.29, 1.82) is 0 Å². The lowest BCUT2D eigenvalue weighted by atomic mass is 9.84.